The van der Waals surface area contributed by atoms with Gasteiger partial charge in [0.05, 0.1) is 0 Å². The Balaban J connectivity index is 2.24. The monoisotopic (exact) mass is 280 g/mol. The number of allylic oxidation sites excluding steroid dienone is 1. The predicted octanol–water partition coefficient (Wildman–Crippen LogP) is 0.631. The maximum atomic E-state index is 12.6. The van der Waals surface area contributed by atoms with Gasteiger partial charge in [0, 0.05) is 25.2 Å². The third-order valence-corrected chi connectivity index (χ3v) is 4.11. The van der Waals surface area contributed by atoms with E-state index in [2.05, 4.69) is 0 Å². The molecule has 1 heterocycles. The highest BCUT2D eigenvalue weighted by molar-refractivity contribution is 5.99. The zero-order chi connectivity index (χ0) is 14.7. The predicted molar refractivity (Wildman–Crippen MR) is 71.9 cm³/mol. The molecule has 1 aliphatic carbocycles. The van der Waals surface area contributed by atoms with Crippen LogP contribution in [0, 0.1) is 0 Å². The SMILES string of the molecule is CN(C(=O)C1=C(C=O)CCCN1CC(=O)O)C1CCC1. The molecule has 0 aromatic rings. The molecule has 2 rings (SSSR count). The molecule has 1 saturated carbocycles. The lowest BCUT2D eigenvalue weighted by Crippen LogP contribution is -2.47. The molecule has 1 N–H and O–H groups in total. The van der Waals surface area contributed by atoms with Gasteiger partial charge in [-0.25, -0.2) is 0 Å². The van der Waals surface area contributed by atoms with Crippen LogP contribution in [0.1, 0.15) is 32.1 Å². The number of rotatable bonds is 5. The number of carbonyl (C=O) groups is 3. The van der Waals surface area contributed by atoms with Gasteiger partial charge in [0.1, 0.15) is 18.5 Å². The zero-order valence-electron chi connectivity index (χ0n) is 11.7. The van der Waals surface area contributed by atoms with Crippen molar-refractivity contribution in [3.8, 4) is 0 Å². The third kappa shape index (κ3) is 2.84. The first-order valence-electron chi connectivity index (χ1n) is 6.96. The van der Waals surface area contributed by atoms with Gasteiger partial charge in [0.25, 0.3) is 5.91 Å². The smallest absolute Gasteiger partial charge is 0.323 e. The van der Waals surface area contributed by atoms with Crippen LogP contribution in [0.15, 0.2) is 11.3 Å². The molecule has 0 aromatic carbocycles. The highest BCUT2D eigenvalue weighted by atomic mass is 16.4. The summed E-state index contributed by atoms with van der Waals surface area (Å²) in [5.41, 5.74) is 0.705. The number of amides is 1. The Morgan fingerprint density at radius 3 is 2.60 bits per heavy atom. The first-order valence-corrected chi connectivity index (χ1v) is 6.96. The number of carboxylic acids is 1. The van der Waals surface area contributed by atoms with E-state index in [-0.39, 0.29) is 24.2 Å². The van der Waals surface area contributed by atoms with E-state index in [1.807, 2.05) is 0 Å². The van der Waals surface area contributed by atoms with Crippen LogP contribution in [0.2, 0.25) is 0 Å². The first-order chi connectivity index (χ1) is 9.54. The number of nitrogens with zero attached hydrogens (tertiary/aromatic N) is 2. The number of likely N-dealkylation sites (N-methyl/N-ethyl adjacent to an activating group) is 1. The van der Waals surface area contributed by atoms with Crippen LogP contribution in [0.4, 0.5) is 0 Å². The number of hydrogen-bond donors (Lipinski definition) is 1. The van der Waals surface area contributed by atoms with Crippen LogP contribution in [0.3, 0.4) is 0 Å². The molecule has 0 bridgehead atoms. The average Bonchev–Trinajstić information content (AvgIpc) is 2.34. The first kappa shape index (κ1) is 14.6. The minimum Gasteiger partial charge on any atom is -0.480 e. The normalized spacial score (nSPS) is 19.6. The molecule has 6 nitrogen and oxygen atoms in total. The lowest BCUT2D eigenvalue weighted by molar-refractivity contribution is -0.138. The fraction of sp³-hybridized carbons (Fsp3) is 0.643. The van der Waals surface area contributed by atoms with E-state index >= 15 is 0 Å². The van der Waals surface area contributed by atoms with Gasteiger partial charge in [-0.3, -0.25) is 14.4 Å². The summed E-state index contributed by atoms with van der Waals surface area (Å²) in [7, 11) is 1.73. The maximum Gasteiger partial charge on any atom is 0.323 e. The molecular formula is C14H20N2O4. The molecule has 0 aromatic heterocycles. The van der Waals surface area contributed by atoms with Crippen molar-refractivity contribution in [3.63, 3.8) is 0 Å². The van der Waals surface area contributed by atoms with Crippen LogP contribution in [0.25, 0.3) is 0 Å². The summed E-state index contributed by atoms with van der Waals surface area (Å²) in [4.78, 5) is 37.8. The molecule has 1 fully saturated rings. The highest BCUT2D eigenvalue weighted by Crippen LogP contribution is 2.28. The number of hydrogen-bond acceptors (Lipinski definition) is 4. The quantitative estimate of drug-likeness (QED) is 0.747. The summed E-state index contributed by atoms with van der Waals surface area (Å²) in [6.45, 7) is 0.264. The van der Waals surface area contributed by atoms with E-state index in [1.54, 1.807) is 11.9 Å². The second-order valence-electron chi connectivity index (χ2n) is 5.41. The standard InChI is InChI=1S/C14H20N2O4/c1-15(11-5-2-6-11)14(20)13-10(9-17)4-3-7-16(13)8-12(18)19/h9,11H,2-8H2,1H3,(H,18,19). The van der Waals surface area contributed by atoms with Crippen LogP contribution in [-0.2, 0) is 14.4 Å². The minimum atomic E-state index is -0.992. The van der Waals surface area contributed by atoms with Crippen molar-refractivity contribution in [1.82, 2.24) is 9.80 Å². The summed E-state index contributed by atoms with van der Waals surface area (Å²) in [6.07, 6.45) is 5.00. The van der Waals surface area contributed by atoms with E-state index in [0.717, 1.165) is 19.3 Å². The molecule has 0 atom stereocenters. The van der Waals surface area contributed by atoms with Gasteiger partial charge in [-0.2, -0.15) is 0 Å². The largest absolute Gasteiger partial charge is 0.480 e. The van der Waals surface area contributed by atoms with Crippen molar-refractivity contribution in [1.29, 1.82) is 0 Å². The Morgan fingerprint density at radius 2 is 2.10 bits per heavy atom. The van der Waals surface area contributed by atoms with Gasteiger partial charge in [-0.1, -0.05) is 0 Å². The Morgan fingerprint density at radius 1 is 1.40 bits per heavy atom. The van der Waals surface area contributed by atoms with Crippen molar-refractivity contribution in [2.45, 2.75) is 38.1 Å². The van der Waals surface area contributed by atoms with Gasteiger partial charge in [0.2, 0.25) is 0 Å². The summed E-state index contributed by atoms with van der Waals surface area (Å²) in [6, 6.07) is 0.219. The fourth-order valence-corrected chi connectivity index (χ4v) is 2.71. The molecular weight excluding hydrogens is 260 g/mol. The van der Waals surface area contributed by atoms with Crippen LogP contribution >= 0.6 is 0 Å². The van der Waals surface area contributed by atoms with E-state index in [9.17, 15) is 14.4 Å². The Labute approximate surface area is 118 Å². The van der Waals surface area contributed by atoms with Crippen LogP contribution < -0.4 is 0 Å². The number of carbonyl (C=O) groups excluding carboxylic acids is 2. The molecule has 0 radical (unpaired) electrons. The van der Waals surface area contributed by atoms with Crippen LogP contribution in [0.5, 0.6) is 0 Å². The zero-order valence-corrected chi connectivity index (χ0v) is 11.7. The highest BCUT2D eigenvalue weighted by Gasteiger charge is 2.33. The molecule has 6 heteroatoms. The van der Waals surface area contributed by atoms with Gasteiger partial charge >= 0.3 is 5.97 Å². The number of aldehydes is 1. The lowest BCUT2D eigenvalue weighted by Gasteiger charge is -2.38. The van der Waals surface area contributed by atoms with E-state index < -0.39 is 5.97 Å². The molecule has 0 unspecified atom stereocenters. The summed E-state index contributed by atoms with van der Waals surface area (Å²) in [5, 5.41) is 8.95. The molecule has 2 aliphatic rings. The van der Waals surface area contributed by atoms with Crippen molar-refractivity contribution < 1.29 is 19.5 Å². The van der Waals surface area contributed by atoms with E-state index in [0.29, 0.717) is 31.2 Å². The van der Waals surface area contributed by atoms with Gasteiger partial charge in [-0.15, -0.1) is 0 Å². The van der Waals surface area contributed by atoms with Gasteiger partial charge < -0.3 is 14.9 Å². The summed E-state index contributed by atoms with van der Waals surface area (Å²) in [5.74, 6) is -1.22. The second-order valence-corrected chi connectivity index (χ2v) is 5.41. The van der Waals surface area contributed by atoms with Gasteiger partial charge in [0.15, 0.2) is 0 Å². The number of aliphatic carboxylic acids is 1. The number of carboxylic acid groups (broad SMARTS) is 1. The molecule has 20 heavy (non-hydrogen) atoms. The minimum absolute atomic E-state index is 0.219. The van der Waals surface area contributed by atoms with E-state index in [1.165, 1.54) is 4.90 Å². The lowest BCUT2D eigenvalue weighted by atomic mass is 9.91. The molecule has 0 saturated heterocycles. The van der Waals surface area contributed by atoms with Crippen molar-refractivity contribution in [2.75, 3.05) is 20.1 Å². The summed E-state index contributed by atoms with van der Waals surface area (Å²) >= 11 is 0. The molecule has 1 aliphatic heterocycles. The topological polar surface area (TPSA) is 77.9 Å². The fourth-order valence-electron chi connectivity index (χ4n) is 2.71. The van der Waals surface area contributed by atoms with Crippen LogP contribution in [-0.4, -0.2) is 59.2 Å². The van der Waals surface area contributed by atoms with Crippen molar-refractivity contribution in [2.24, 2.45) is 0 Å². The average molecular weight is 280 g/mol. The third-order valence-electron chi connectivity index (χ3n) is 4.11. The molecule has 0 spiro atoms. The Bertz CT molecular complexity index is 454. The second kappa shape index (κ2) is 6.07. The molecule has 1 amide bonds. The molecule has 110 valence electrons. The Kier molecular flexibility index (Phi) is 4.42. The van der Waals surface area contributed by atoms with Crippen molar-refractivity contribution in [3.05, 3.63) is 11.3 Å². The van der Waals surface area contributed by atoms with E-state index in [4.69, 9.17) is 5.11 Å². The summed E-state index contributed by atoms with van der Waals surface area (Å²) < 4.78 is 0. The Hall–Kier alpha value is -1.85. The van der Waals surface area contributed by atoms with Crippen molar-refractivity contribution >= 4 is 18.2 Å². The van der Waals surface area contributed by atoms with Gasteiger partial charge in [-0.05, 0) is 32.1 Å². The maximum absolute atomic E-state index is 12.6.